The van der Waals surface area contributed by atoms with Crippen molar-refractivity contribution in [3.63, 3.8) is 0 Å². The van der Waals surface area contributed by atoms with Crippen molar-refractivity contribution in [2.24, 2.45) is 17.8 Å². The third kappa shape index (κ3) is 6.27. The Balaban J connectivity index is 3.26. The quantitative estimate of drug-likeness (QED) is 0.308. The van der Waals surface area contributed by atoms with E-state index in [0.717, 1.165) is 18.2 Å². The highest BCUT2D eigenvalue weighted by molar-refractivity contribution is 7.58. The SMILES string of the molecule is CCOP(=O)(OCC)C1=C[C@@H](C)[C@H](O[Si](C)(C)C(C)(C)C)[C@H](C(C)C)CC1. The van der Waals surface area contributed by atoms with Crippen molar-refractivity contribution >= 4 is 15.9 Å². The summed E-state index contributed by atoms with van der Waals surface area (Å²) in [4.78, 5) is 0. The van der Waals surface area contributed by atoms with Crippen molar-refractivity contribution in [1.29, 1.82) is 0 Å². The van der Waals surface area contributed by atoms with E-state index in [1.807, 2.05) is 13.8 Å². The first kappa shape index (κ1) is 25.1. The Kier molecular flexibility index (Phi) is 9.03. The summed E-state index contributed by atoms with van der Waals surface area (Å²) in [6, 6.07) is 0. The molecule has 3 atom stereocenters. The van der Waals surface area contributed by atoms with Crippen LogP contribution in [0.4, 0.5) is 0 Å². The van der Waals surface area contributed by atoms with Gasteiger partial charge < -0.3 is 13.5 Å². The molecule has 0 aromatic rings. The second kappa shape index (κ2) is 9.71. The van der Waals surface area contributed by atoms with Crippen molar-refractivity contribution < 1.29 is 18.0 Å². The highest BCUT2D eigenvalue weighted by Gasteiger charge is 2.44. The Bertz CT molecular complexity index is 541. The maximum Gasteiger partial charge on any atom is 0.356 e. The van der Waals surface area contributed by atoms with Crippen LogP contribution in [-0.2, 0) is 18.0 Å². The highest BCUT2D eigenvalue weighted by Crippen LogP contribution is 2.59. The third-order valence-electron chi connectivity index (χ3n) is 6.17. The normalized spacial score (nSPS) is 25.4. The van der Waals surface area contributed by atoms with Crippen molar-refractivity contribution in [1.82, 2.24) is 0 Å². The summed E-state index contributed by atoms with van der Waals surface area (Å²) in [6.07, 6.45) is 3.98. The van der Waals surface area contributed by atoms with Crippen molar-refractivity contribution in [2.75, 3.05) is 13.2 Å². The van der Waals surface area contributed by atoms with Gasteiger partial charge in [0.05, 0.1) is 19.3 Å². The zero-order valence-corrected chi connectivity index (χ0v) is 21.2. The lowest BCUT2D eigenvalue weighted by molar-refractivity contribution is 0.0604. The van der Waals surface area contributed by atoms with Crippen LogP contribution in [0.3, 0.4) is 0 Å². The fraction of sp³-hybridized carbons (Fsp3) is 0.905. The minimum Gasteiger partial charge on any atom is -0.413 e. The van der Waals surface area contributed by atoms with Crippen LogP contribution >= 0.6 is 7.60 Å². The molecule has 0 saturated carbocycles. The summed E-state index contributed by atoms with van der Waals surface area (Å²) in [6.45, 7) is 22.7. The third-order valence-corrected chi connectivity index (χ3v) is 12.9. The molecular weight excluding hydrogens is 375 g/mol. The lowest BCUT2D eigenvalue weighted by Crippen LogP contribution is -2.48. The Morgan fingerprint density at radius 2 is 1.70 bits per heavy atom. The van der Waals surface area contributed by atoms with Gasteiger partial charge in [0.2, 0.25) is 0 Å². The summed E-state index contributed by atoms with van der Waals surface area (Å²) < 4.78 is 31.5. The number of allylic oxidation sites excluding steroid dienone is 1. The molecule has 27 heavy (non-hydrogen) atoms. The van der Waals surface area contributed by atoms with E-state index in [2.05, 4.69) is 60.7 Å². The molecule has 0 N–H and O–H groups in total. The van der Waals surface area contributed by atoms with E-state index in [-0.39, 0.29) is 17.1 Å². The summed E-state index contributed by atoms with van der Waals surface area (Å²) in [5.41, 5.74) is 0. The van der Waals surface area contributed by atoms with E-state index in [0.29, 0.717) is 25.0 Å². The molecule has 4 nitrogen and oxygen atoms in total. The van der Waals surface area contributed by atoms with Gasteiger partial charge in [0.25, 0.3) is 0 Å². The van der Waals surface area contributed by atoms with Gasteiger partial charge in [0, 0.05) is 11.2 Å². The lowest BCUT2D eigenvalue weighted by Gasteiger charge is -2.43. The molecule has 0 aliphatic heterocycles. The molecule has 0 aromatic heterocycles. The summed E-state index contributed by atoms with van der Waals surface area (Å²) in [5.74, 6) is 1.12. The molecule has 0 bridgehead atoms. The lowest BCUT2D eigenvalue weighted by atomic mass is 9.83. The van der Waals surface area contributed by atoms with Gasteiger partial charge in [-0.1, -0.05) is 47.6 Å². The topological polar surface area (TPSA) is 44.8 Å². The molecule has 0 spiro atoms. The van der Waals surface area contributed by atoms with Gasteiger partial charge in [-0.05, 0) is 56.7 Å². The zero-order valence-electron chi connectivity index (χ0n) is 19.3. The van der Waals surface area contributed by atoms with Crippen LogP contribution in [0.2, 0.25) is 18.1 Å². The predicted molar refractivity (Wildman–Crippen MR) is 118 cm³/mol. The molecular formula is C21H43O4PSi. The van der Waals surface area contributed by atoms with Crippen molar-refractivity contribution in [3.8, 4) is 0 Å². The highest BCUT2D eigenvalue weighted by atomic mass is 31.2. The van der Waals surface area contributed by atoms with E-state index in [1.165, 1.54) is 0 Å². The molecule has 1 aliphatic carbocycles. The Hall–Kier alpha value is 0.0669. The maximum atomic E-state index is 13.3. The maximum absolute atomic E-state index is 13.3. The fourth-order valence-electron chi connectivity index (χ4n) is 3.55. The van der Waals surface area contributed by atoms with Crippen LogP contribution in [-0.4, -0.2) is 27.6 Å². The zero-order chi connectivity index (χ0) is 21.0. The molecule has 160 valence electrons. The summed E-state index contributed by atoms with van der Waals surface area (Å²) in [5, 5.41) is 1.00. The van der Waals surface area contributed by atoms with Gasteiger partial charge >= 0.3 is 7.60 Å². The molecule has 0 aromatic carbocycles. The van der Waals surface area contributed by atoms with E-state index in [4.69, 9.17) is 13.5 Å². The summed E-state index contributed by atoms with van der Waals surface area (Å²) >= 11 is 0. The molecule has 0 saturated heterocycles. The fourth-order valence-corrected chi connectivity index (χ4v) is 6.88. The van der Waals surface area contributed by atoms with Crippen LogP contribution in [0, 0.1) is 17.8 Å². The van der Waals surface area contributed by atoms with Crippen LogP contribution < -0.4 is 0 Å². The second-order valence-corrected chi connectivity index (χ2v) is 16.5. The average molecular weight is 419 g/mol. The van der Waals surface area contributed by atoms with Gasteiger partial charge in [-0.25, -0.2) is 0 Å². The first-order valence-corrected chi connectivity index (χ1v) is 15.0. The number of hydrogen-bond acceptors (Lipinski definition) is 4. The molecule has 0 unspecified atom stereocenters. The van der Waals surface area contributed by atoms with E-state index >= 15 is 0 Å². The Morgan fingerprint density at radius 1 is 1.19 bits per heavy atom. The number of hydrogen-bond donors (Lipinski definition) is 0. The standard InChI is InChI=1S/C21H43O4PSi/c1-11-23-26(22,24-12-2)18-13-14-19(16(3)4)20(17(5)15-18)25-27(9,10)21(6,7)8/h15-17,19-20H,11-14H2,1-10H3/t17-,19+,20+/m1/s1. The van der Waals surface area contributed by atoms with Crippen LogP contribution in [0.5, 0.6) is 0 Å². The molecule has 0 heterocycles. The van der Waals surface area contributed by atoms with Crippen molar-refractivity contribution in [2.45, 2.75) is 92.5 Å². The molecule has 0 radical (unpaired) electrons. The van der Waals surface area contributed by atoms with E-state index in [1.54, 1.807) is 0 Å². The van der Waals surface area contributed by atoms with Crippen LogP contribution in [0.1, 0.15) is 68.2 Å². The van der Waals surface area contributed by atoms with E-state index < -0.39 is 15.9 Å². The van der Waals surface area contributed by atoms with Gasteiger partial charge in [-0.15, -0.1) is 0 Å². The van der Waals surface area contributed by atoms with Gasteiger partial charge in [0.15, 0.2) is 8.32 Å². The Morgan fingerprint density at radius 3 is 2.11 bits per heavy atom. The van der Waals surface area contributed by atoms with E-state index in [9.17, 15) is 4.57 Å². The minimum absolute atomic E-state index is 0.139. The average Bonchev–Trinajstić information content (AvgIpc) is 2.66. The summed E-state index contributed by atoms with van der Waals surface area (Å²) in [7, 11) is -5.11. The molecule has 1 rings (SSSR count). The monoisotopic (exact) mass is 418 g/mol. The first-order chi connectivity index (χ1) is 12.3. The largest absolute Gasteiger partial charge is 0.413 e. The van der Waals surface area contributed by atoms with Crippen LogP contribution in [0.25, 0.3) is 0 Å². The van der Waals surface area contributed by atoms with Crippen molar-refractivity contribution in [3.05, 3.63) is 11.4 Å². The first-order valence-electron chi connectivity index (χ1n) is 10.6. The van der Waals surface area contributed by atoms with Gasteiger partial charge in [-0.3, -0.25) is 4.57 Å². The minimum atomic E-state index is -3.21. The molecule has 1 aliphatic rings. The van der Waals surface area contributed by atoms with Gasteiger partial charge in [-0.2, -0.15) is 0 Å². The second-order valence-electron chi connectivity index (χ2n) is 9.64. The van der Waals surface area contributed by atoms with Crippen LogP contribution in [0.15, 0.2) is 11.4 Å². The van der Waals surface area contributed by atoms with Gasteiger partial charge in [0.1, 0.15) is 0 Å². The Labute approximate surface area is 169 Å². The molecule has 0 fully saturated rings. The molecule has 0 amide bonds. The number of rotatable bonds is 8. The molecule has 6 heteroatoms. The predicted octanol–water partition coefficient (Wildman–Crippen LogP) is 7.23. The smallest absolute Gasteiger partial charge is 0.356 e.